The molecule has 1 N–H and O–H groups in total. The van der Waals surface area contributed by atoms with Crippen molar-refractivity contribution in [3.63, 3.8) is 0 Å². The molecule has 0 aromatic heterocycles. The first-order valence-electron chi connectivity index (χ1n) is 8.86. The van der Waals surface area contributed by atoms with Gasteiger partial charge in [-0.25, -0.2) is 4.79 Å². The lowest BCUT2D eigenvalue weighted by Gasteiger charge is -2.21. The number of amides is 1. The maximum atomic E-state index is 12.3. The fourth-order valence-electron chi connectivity index (χ4n) is 2.60. The van der Waals surface area contributed by atoms with Crippen LogP contribution in [0.15, 0.2) is 48.5 Å². The van der Waals surface area contributed by atoms with E-state index < -0.39 is 18.0 Å². The van der Waals surface area contributed by atoms with Gasteiger partial charge in [-0.15, -0.1) is 0 Å². The summed E-state index contributed by atoms with van der Waals surface area (Å²) in [7, 11) is 0. The van der Waals surface area contributed by atoms with Gasteiger partial charge in [0.25, 0.3) is 5.91 Å². The zero-order chi connectivity index (χ0) is 19.8. The standard InChI is InChI=1S/C21H23N3O3/c1-4-24(5-2)18-12-10-16(11-13-18)21(26)27-15(3)20(25)23-19-9-7-6-8-17(19)14-22/h6-13,15H,4-5H2,1-3H3,(H,23,25). The first-order chi connectivity index (χ1) is 13.0. The molecule has 0 radical (unpaired) electrons. The van der Waals surface area contributed by atoms with Crippen LogP contribution in [-0.2, 0) is 9.53 Å². The van der Waals surface area contributed by atoms with Crippen molar-refractivity contribution in [1.82, 2.24) is 0 Å². The quantitative estimate of drug-likeness (QED) is 0.758. The first-order valence-corrected chi connectivity index (χ1v) is 8.86. The van der Waals surface area contributed by atoms with Crippen molar-refractivity contribution in [2.24, 2.45) is 0 Å². The zero-order valence-corrected chi connectivity index (χ0v) is 15.7. The lowest BCUT2D eigenvalue weighted by atomic mass is 10.2. The SMILES string of the molecule is CCN(CC)c1ccc(C(=O)OC(C)C(=O)Nc2ccccc2C#N)cc1. The molecule has 6 heteroatoms. The molecule has 0 bridgehead atoms. The number of rotatable bonds is 7. The second-order valence-corrected chi connectivity index (χ2v) is 5.91. The molecule has 2 rings (SSSR count). The smallest absolute Gasteiger partial charge is 0.338 e. The molecule has 0 aliphatic heterocycles. The molecule has 6 nitrogen and oxygen atoms in total. The predicted molar refractivity (Wildman–Crippen MR) is 105 cm³/mol. The van der Waals surface area contributed by atoms with Crippen LogP contribution in [0, 0.1) is 11.3 Å². The van der Waals surface area contributed by atoms with Crippen molar-refractivity contribution < 1.29 is 14.3 Å². The fraction of sp³-hybridized carbons (Fsp3) is 0.286. The lowest BCUT2D eigenvalue weighted by Crippen LogP contribution is -2.30. The van der Waals surface area contributed by atoms with E-state index in [1.807, 2.05) is 18.2 Å². The number of benzene rings is 2. The number of carbonyl (C=O) groups excluding carboxylic acids is 2. The minimum atomic E-state index is -0.994. The number of nitrogens with one attached hydrogen (secondary N) is 1. The van der Waals surface area contributed by atoms with Crippen LogP contribution in [0.1, 0.15) is 36.7 Å². The van der Waals surface area contributed by atoms with Crippen LogP contribution in [0.3, 0.4) is 0 Å². The van der Waals surface area contributed by atoms with Crippen molar-refractivity contribution in [3.05, 3.63) is 59.7 Å². The molecule has 140 valence electrons. The molecule has 2 aromatic carbocycles. The van der Waals surface area contributed by atoms with E-state index in [9.17, 15) is 9.59 Å². The van der Waals surface area contributed by atoms with Gasteiger partial charge < -0.3 is 15.0 Å². The molecule has 0 fully saturated rings. The third kappa shape index (κ3) is 5.08. The Morgan fingerprint density at radius 3 is 2.33 bits per heavy atom. The van der Waals surface area contributed by atoms with Crippen LogP contribution >= 0.6 is 0 Å². The minimum absolute atomic E-state index is 0.344. The highest BCUT2D eigenvalue weighted by molar-refractivity contribution is 5.98. The zero-order valence-electron chi connectivity index (χ0n) is 15.7. The number of hydrogen-bond donors (Lipinski definition) is 1. The number of nitriles is 1. The lowest BCUT2D eigenvalue weighted by molar-refractivity contribution is -0.123. The van der Waals surface area contributed by atoms with Gasteiger partial charge in [0.2, 0.25) is 0 Å². The van der Waals surface area contributed by atoms with Gasteiger partial charge in [0, 0.05) is 18.8 Å². The summed E-state index contributed by atoms with van der Waals surface area (Å²) in [6.45, 7) is 7.38. The molecule has 0 spiro atoms. The van der Waals surface area contributed by atoms with Gasteiger partial charge in [-0.05, 0) is 57.2 Å². The predicted octanol–water partition coefficient (Wildman–Crippen LogP) is 3.59. The summed E-state index contributed by atoms with van der Waals surface area (Å²) in [5.41, 5.74) is 2.13. The highest BCUT2D eigenvalue weighted by Gasteiger charge is 2.20. The number of esters is 1. The van der Waals surface area contributed by atoms with Gasteiger partial charge in [0.1, 0.15) is 6.07 Å². The van der Waals surface area contributed by atoms with Crippen LogP contribution in [0.2, 0.25) is 0 Å². The van der Waals surface area contributed by atoms with E-state index in [0.717, 1.165) is 18.8 Å². The average Bonchev–Trinajstić information content (AvgIpc) is 2.69. The summed E-state index contributed by atoms with van der Waals surface area (Å²) in [5.74, 6) is -1.07. The largest absolute Gasteiger partial charge is 0.449 e. The number of carbonyl (C=O) groups is 2. The molecule has 27 heavy (non-hydrogen) atoms. The maximum Gasteiger partial charge on any atom is 0.338 e. The molecule has 1 unspecified atom stereocenters. The summed E-state index contributed by atoms with van der Waals surface area (Å²) in [5, 5.41) is 11.7. The van der Waals surface area contributed by atoms with E-state index in [1.165, 1.54) is 6.92 Å². The number of nitrogens with zero attached hydrogens (tertiary/aromatic N) is 2. The van der Waals surface area contributed by atoms with Crippen LogP contribution < -0.4 is 10.2 Å². The Kier molecular flexibility index (Phi) is 6.95. The second kappa shape index (κ2) is 9.39. The van der Waals surface area contributed by atoms with Crippen molar-refractivity contribution >= 4 is 23.3 Å². The van der Waals surface area contributed by atoms with E-state index in [2.05, 4.69) is 24.1 Å². The normalized spacial score (nSPS) is 11.2. The highest BCUT2D eigenvalue weighted by atomic mass is 16.5. The van der Waals surface area contributed by atoms with Gasteiger partial charge in [0.05, 0.1) is 16.8 Å². The van der Waals surface area contributed by atoms with E-state index in [-0.39, 0.29) is 0 Å². The van der Waals surface area contributed by atoms with Gasteiger partial charge >= 0.3 is 5.97 Å². The molecule has 1 amide bonds. The summed E-state index contributed by atoms with van der Waals surface area (Å²) in [6, 6.07) is 15.7. The maximum absolute atomic E-state index is 12.3. The fourth-order valence-corrected chi connectivity index (χ4v) is 2.60. The first kappa shape index (κ1) is 20.0. The molecular formula is C21H23N3O3. The molecule has 0 heterocycles. The topological polar surface area (TPSA) is 82.4 Å². The number of para-hydroxylation sites is 1. The Labute approximate surface area is 159 Å². The average molecular weight is 365 g/mol. The van der Waals surface area contributed by atoms with Crippen molar-refractivity contribution in [3.8, 4) is 6.07 Å². The Bertz CT molecular complexity index is 836. The van der Waals surface area contributed by atoms with Crippen LogP contribution in [0.5, 0.6) is 0 Å². The number of hydrogen-bond acceptors (Lipinski definition) is 5. The Morgan fingerprint density at radius 2 is 1.74 bits per heavy atom. The van der Waals surface area contributed by atoms with E-state index in [4.69, 9.17) is 10.00 Å². The summed E-state index contributed by atoms with van der Waals surface area (Å²) in [4.78, 5) is 26.7. The van der Waals surface area contributed by atoms with E-state index >= 15 is 0 Å². The number of anilines is 2. The Morgan fingerprint density at radius 1 is 1.11 bits per heavy atom. The summed E-state index contributed by atoms with van der Waals surface area (Å²) in [6.07, 6.45) is -0.994. The van der Waals surface area contributed by atoms with Crippen molar-refractivity contribution in [2.75, 3.05) is 23.3 Å². The highest BCUT2D eigenvalue weighted by Crippen LogP contribution is 2.17. The van der Waals surface area contributed by atoms with Gasteiger partial charge in [-0.1, -0.05) is 12.1 Å². The molecular weight excluding hydrogens is 342 g/mol. The molecule has 0 saturated heterocycles. The van der Waals surface area contributed by atoms with Crippen LogP contribution in [0.4, 0.5) is 11.4 Å². The third-order valence-corrected chi connectivity index (χ3v) is 4.19. The molecule has 2 aromatic rings. The van der Waals surface area contributed by atoms with Gasteiger partial charge in [-0.2, -0.15) is 5.26 Å². The molecule has 0 aliphatic rings. The summed E-state index contributed by atoms with van der Waals surface area (Å²) >= 11 is 0. The van der Waals surface area contributed by atoms with Crippen LogP contribution in [-0.4, -0.2) is 31.1 Å². The van der Waals surface area contributed by atoms with E-state index in [0.29, 0.717) is 16.8 Å². The van der Waals surface area contributed by atoms with Gasteiger partial charge in [-0.3, -0.25) is 4.79 Å². The summed E-state index contributed by atoms with van der Waals surface area (Å²) < 4.78 is 5.25. The minimum Gasteiger partial charge on any atom is -0.449 e. The Hall–Kier alpha value is -3.33. The Balaban J connectivity index is 2.00. The van der Waals surface area contributed by atoms with Crippen LogP contribution in [0.25, 0.3) is 0 Å². The third-order valence-electron chi connectivity index (χ3n) is 4.19. The van der Waals surface area contributed by atoms with Gasteiger partial charge in [0.15, 0.2) is 6.10 Å². The van der Waals surface area contributed by atoms with Crippen molar-refractivity contribution in [2.45, 2.75) is 26.9 Å². The second-order valence-electron chi connectivity index (χ2n) is 5.91. The van der Waals surface area contributed by atoms with E-state index in [1.54, 1.807) is 36.4 Å². The molecule has 0 aliphatic carbocycles. The molecule has 1 atom stereocenters. The van der Waals surface area contributed by atoms with Crippen molar-refractivity contribution in [1.29, 1.82) is 5.26 Å². The number of ether oxygens (including phenoxy) is 1. The molecule has 0 saturated carbocycles. The monoisotopic (exact) mass is 365 g/mol.